The standard InChI is InChI=1S/C13H12F3N3O4S/c1-6(24(22)23)8-4-7(13(14,15)16)2-3-10(8)19-11(17)9(5-18-19)12(20)21/h2-6,24H,17H2,1H3,(H,20,21). The maximum absolute atomic E-state index is 12.9. The molecule has 1 aromatic carbocycles. The molecular formula is C13H12F3N3O4S. The summed E-state index contributed by atoms with van der Waals surface area (Å²) in [5.41, 5.74) is 4.04. The number of thiol groups is 1. The van der Waals surface area contributed by atoms with Gasteiger partial charge in [0, 0.05) is 0 Å². The molecule has 130 valence electrons. The van der Waals surface area contributed by atoms with Crippen molar-refractivity contribution in [3.8, 4) is 5.69 Å². The molecule has 0 bridgehead atoms. The molecule has 0 radical (unpaired) electrons. The number of hydrogen-bond donors (Lipinski definition) is 3. The first-order chi connectivity index (χ1) is 11.0. The van der Waals surface area contributed by atoms with E-state index in [0.29, 0.717) is 6.07 Å². The van der Waals surface area contributed by atoms with Crippen LogP contribution in [0.4, 0.5) is 19.0 Å². The Balaban J connectivity index is 2.72. The Bertz CT molecular complexity index is 866. The molecular weight excluding hydrogens is 351 g/mol. The zero-order chi connectivity index (χ0) is 18.2. The van der Waals surface area contributed by atoms with Gasteiger partial charge in [-0.05, 0) is 30.7 Å². The second-order valence-electron chi connectivity index (χ2n) is 4.89. The molecule has 0 aliphatic rings. The number of hydrogen-bond acceptors (Lipinski definition) is 5. The first-order valence-electron chi connectivity index (χ1n) is 6.45. The number of nitrogens with zero attached hydrogens (tertiary/aromatic N) is 2. The molecule has 0 saturated heterocycles. The number of benzene rings is 1. The predicted octanol–water partition coefficient (Wildman–Crippen LogP) is 1.84. The second kappa shape index (κ2) is 6.15. The van der Waals surface area contributed by atoms with Crippen LogP contribution < -0.4 is 5.73 Å². The summed E-state index contributed by atoms with van der Waals surface area (Å²) < 4.78 is 62.0. The fourth-order valence-electron chi connectivity index (χ4n) is 2.09. The normalized spacial score (nSPS) is 13.2. The lowest BCUT2D eigenvalue weighted by molar-refractivity contribution is -0.137. The lowest BCUT2D eigenvalue weighted by Crippen LogP contribution is -2.12. The van der Waals surface area contributed by atoms with Crippen LogP contribution in [0.2, 0.25) is 0 Å². The largest absolute Gasteiger partial charge is 0.477 e. The summed E-state index contributed by atoms with van der Waals surface area (Å²) in [4.78, 5) is 11.0. The van der Waals surface area contributed by atoms with Crippen LogP contribution in [-0.2, 0) is 16.9 Å². The van der Waals surface area contributed by atoms with E-state index in [1.54, 1.807) is 0 Å². The van der Waals surface area contributed by atoms with Crippen molar-refractivity contribution in [2.45, 2.75) is 18.3 Å². The highest BCUT2D eigenvalue weighted by molar-refractivity contribution is 7.72. The van der Waals surface area contributed by atoms with Gasteiger partial charge in [-0.1, -0.05) is 0 Å². The summed E-state index contributed by atoms with van der Waals surface area (Å²) in [6, 6.07) is 2.43. The summed E-state index contributed by atoms with van der Waals surface area (Å²) in [5, 5.41) is 11.4. The number of alkyl halides is 3. The van der Waals surface area contributed by atoms with Crippen LogP contribution in [0.3, 0.4) is 0 Å². The first-order valence-corrected chi connectivity index (χ1v) is 7.70. The molecule has 3 N–H and O–H groups in total. The predicted molar refractivity (Wildman–Crippen MR) is 78.7 cm³/mol. The summed E-state index contributed by atoms with van der Waals surface area (Å²) >= 11 is 0. The number of carboxylic acids is 1. The third-order valence-electron chi connectivity index (χ3n) is 3.39. The van der Waals surface area contributed by atoms with Crippen LogP contribution in [0.5, 0.6) is 0 Å². The number of rotatable bonds is 4. The molecule has 0 amide bonds. The molecule has 1 unspecified atom stereocenters. The van der Waals surface area contributed by atoms with E-state index in [-0.39, 0.29) is 22.6 Å². The van der Waals surface area contributed by atoms with E-state index in [0.717, 1.165) is 23.0 Å². The molecule has 0 aliphatic heterocycles. The van der Waals surface area contributed by atoms with Crippen molar-refractivity contribution in [3.63, 3.8) is 0 Å². The molecule has 2 rings (SSSR count). The zero-order valence-corrected chi connectivity index (χ0v) is 13.0. The minimum atomic E-state index is -4.66. The van der Waals surface area contributed by atoms with E-state index in [2.05, 4.69) is 5.10 Å². The van der Waals surface area contributed by atoms with Crippen LogP contribution >= 0.6 is 0 Å². The second-order valence-corrected chi connectivity index (χ2v) is 6.24. The topological polar surface area (TPSA) is 115 Å². The molecule has 0 fully saturated rings. The number of nitrogen functional groups attached to an aromatic ring is 1. The first kappa shape index (κ1) is 17.8. The van der Waals surface area contributed by atoms with Crippen LogP contribution in [0.15, 0.2) is 24.4 Å². The lowest BCUT2D eigenvalue weighted by atomic mass is 10.1. The van der Waals surface area contributed by atoms with Crippen molar-refractivity contribution in [2.24, 2.45) is 0 Å². The third-order valence-corrected chi connectivity index (χ3v) is 4.30. The van der Waals surface area contributed by atoms with Crippen molar-refractivity contribution in [1.82, 2.24) is 9.78 Å². The van der Waals surface area contributed by atoms with Gasteiger partial charge in [-0.25, -0.2) is 17.9 Å². The summed E-state index contributed by atoms with van der Waals surface area (Å²) in [7, 11) is -3.07. The van der Waals surface area contributed by atoms with E-state index >= 15 is 0 Å². The van der Waals surface area contributed by atoms with Crippen molar-refractivity contribution in [1.29, 1.82) is 0 Å². The van der Waals surface area contributed by atoms with E-state index in [1.165, 1.54) is 6.92 Å². The van der Waals surface area contributed by atoms with Gasteiger partial charge >= 0.3 is 12.1 Å². The smallest absolute Gasteiger partial charge is 0.416 e. The zero-order valence-electron chi connectivity index (χ0n) is 12.1. The highest BCUT2D eigenvalue weighted by Crippen LogP contribution is 2.34. The Morgan fingerprint density at radius 1 is 1.38 bits per heavy atom. The van der Waals surface area contributed by atoms with E-state index < -0.39 is 33.7 Å². The molecule has 11 heteroatoms. The van der Waals surface area contributed by atoms with Crippen molar-refractivity contribution >= 4 is 22.5 Å². The van der Waals surface area contributed by atoms with Gasteiger partial charge in [0.2, 0.25) is 0 Å². The SMILES string of the molecule is CC(c1cc(C(F)(F)F)ccc1-n1ncc(C(=O)O)c1N)[SH](=O)=O. The third kappa shape index (κ3) is 3.20. The molecule has 0 spiro atoms. The molecule has 7 nitrogen and oxygen atoms in total. The Morgan fingerprint density at radius 2 is 2.00 bits per heavy atom. The highest BCUT2D eigenvalue weighted by atomic mass is 32.2. The summed E-state index contributed by atoms with van der Waals surface area (Å²) in [5.74, 6) is -1.69. The van der Waals surface area contributed by atoms with Gasteiger partial charge in [-0.3, -0.25) is 0 Å². The summed E-state index contributed by atoms with van der Waals surface area (Å²) in [6.45, 7) is 1.21. The van der Waals surface area contributed by atoms with E-state index in [4.69, 9.17) is 10.8 Å². The monoisotopic (exact) mass is 363 g/mol. The van der Waals surface area contributed by atoms with Crippen molar-refractivity contribution < 1.29 is 31.5 Å². The number of anilines is 1. The van der Waals surface area contributed by atoms with Gasteiger partial charge < -0.3 is 10.8 Å². The molecule has 1 aromatic heterocycles. The number of halogens is 3. The number of carboxylic acid groups (broad SMARTS) is 1. The van der Waals surface area contributed by atoms with Crippen molar-refractivity contribution in [2.75, 3.05) is 5.73 Å². The van der Waals surface area contributed by atoms with E-state index in [9.17, 15) is 26.4 Å². The molecule has 1 heterocycles. The van der Waals surface area contributed by atoms with Gasteiger partial charge in [0.1, 0.15) is 22.1 Å². The van der Waals surface area contributed by atoms with Gasteiger partial charge in [0.25, 0.3) is 0 Å². The van der Waals surface area contributed by atoms with Crippen molar-refractivity contribution in [3.05, 3.63) is 41.1 Å². The number of carbonyl (C=O) groups is 1. The molecule has 1 atom stereocenters. The molecule has 24 heavy (non-hydrogen) atoms. The number of aromatic carboxylic acids is 1. The lowest BCUT2D eigenvalue weighted by Gasteiger charge is -2.16. The minimum absolute atomic E-state index is 0.0419. The molecule has 0 aliphatic carbocycles. The molecule has 0 saturated carbocycles. The minimum Gasteiger partial charge on any atom is -0.477 e. The van der Waals surface area contributed by atoms with Gasteiger partial charge in [-0.2, -0.15) is 18.3 Å². The fourth-order valence-corrected chi connectivity index (χ4v) is 2.52. The van der Waals surface area contributed by atoms with Crippen LogP contribution in [0, 0.1) is 0 Å². The van der Waals surface area contributed by atoms with Crippen LogP contribution in [-0.4, -0.2) is 29.3 Å². The average molecular weight is 363 g/mol. The van der Waals surface area contributed by atoms with Gasteiger partial charge in [-0.15, -0.1) is 0 Å². The van der Waals surface area contributed by atoms with Gasteiger partial charge in [0.05, 0.1) is 22.7 Å². The quantitative estimate of drug-likeness (QED) is 0.714. The average Bonchev–Trinajstić information content (AvgIpc) is 2.86. The summed E-state index contributed by atoms with van der Waals surface area (Å²) in [6.07, 6.45) is -3.73. The fraction of sp³-hybridized carbons (Fsp3) is 0.231. The Morgan fingerprint density at radius 3 is 2.46 bits per heavy atom. The Kier molecular flexibility index (Phi) is 4.56. The maximum atomic E-state index is 12.9. The van der Waals surface area contributed by atoms with Gasteiger partial charge in [0.15, 0.2) is 0 Å². The van der Waals surface area contributed by atoms with E-state index in [1.807, 2.05) is 0 Å². The number of aromatic nitrogens is 2. The van der Waals surface area contributed by atoms with Crippen LogP contribution in [0.25, 0.3) is 5.69 Å². The molecule has 2 aromatic rings. The highest BCUT2D eigenvalue weighted by Gasteiger charge is 2.32. The Hall–Kier alpha value is -2.56. The van der Waals surface area contributed by atoms with Crippen LogP contribution in [0.1, 0.15) is 33.7 Å². The Labute approximate surface area is 135 Å². The number of nitrogens with two attached hydrogens (primary N) is 1. The maximum Gasteiger partial charge on any atom is 0.416 e.